The molecule has 0 aliphatic rings. The lowest BCUT2D eigenvalue weighted by Crippen LogP contribution is -2.44. The molecule has 13 heavy (non-hydrogen) atoms. The van der Waals surface area contributed by atoms with Gasteiger partial charge in [0, 0.05) is 0 Å². The zero-order valence-electron chi connectivity index (χ0n) is 6.35. The van der Waals surface area contributed by atoms with Crippen LogP contribution in [-0.4, -0.2) is 31.7 Å². The Labute approximate surface area is 86.5 Å². The van der Waals surface area contributed by atoms with Crippen molar-refractivity contribution in [1.82, 2.24) is 9.44 Å². The van der Waals surface area contributed by atoms with E-state index in [-0.39, 0.29) is 11.5 Å². The number of carbonyl (C=O) groups is 2. The fourth-order valence-corrected chi connectivity index (χ4v) is 1.56. The first-order valence-corrected chi connectivity index (χ1v) is 5.74. The van der Waals surface area contributed by atoms with E-state index in [1.807, 2.05) is 0 Å². The Bertz CT molecular complexity index is 275. The van der Waals surface area contributed by atoms with Crippen molar-refractivity contribution < 1.29 is 18.0 Å². The molecule has 9 heteroatoms. The Kier molecular flexibility index (Phi) is 5.18. The van der Waals surface area contributed by atoms with Crippen molar-refractivity contribution in [3.05, 3.63) is 0 Å². The molecule has 2 N–H and O–H groups in total. The zero-order valence-corrected chi connectivity index (χ0v) is 8.96. The van der Waals surface area contributed by atoms with Gasteiger partial charge in [0.2, 0.25) is 11.8 Å². The molecule has 0 aromatic rings. The molecule has 0 atom stereocenters. The van der Waals surface area contributed by atoms with Crippen molar-refractivity contribution in [2.75, 3.05) is 11.5 Å². The second-order valence-corrected chi connectivity index (χ2v) is 3.92. The van der Waals surface area contributed by atoms with Gasteiger partial charge in [-0.25, -0.2) is 9.44 Å². The normalized spacial score (nSPS) is 10.6. The molecule has 0 aliphatic carbocycles. The molecule has 0 aromatic heterocycles. The van der Waals surface area contributed by atoms with Crippen LogP contribution in [0, 0.1) is 0 Å². The van der Waals surface area contributed by atoms with Gasteiger partial charge >= 0.3 is 10.2 Å². The number of hydrogen-bond acceptors (Lipinski definition) is 6. The number of hydrogen-bond donors (Lipinski definition) is 4. The predicted octanol–water partition coefficient (Wildman–Crippen LogP) is -1.68. The Balaban J connectivity index is 4.26. The van der Waals surface area contributed by atoms with Gasteiger partial charge in [-0.15, -0.1) is 0 Å². The van der Waals surface area contributed by atoms with Crippen LogP contribution in [0.5, 0.6) is 0 Å². The molecule has 0 heterocycles. The largest absolute Gasteiger partial charge is 0.325 e. The van der Waals surface area contributed by atoms with Gasteiger partial charge < -0.3 is 0 Å². The van der Waals surface area contributed by atoms with E-state index in [1.165, 1.54) is 0 Å². The molecule has 0 saturated carbocycles. The van der Waals surface area contributed by atoms with E-state index in [0.29, 0.717) is 0 Å². The first-order chi connectivity index (χ1) is 5.91. The summed E-state index contributed by atoms with van der Waals surface area (Å²) < 4.78 is 24.8. The molecule has 0 aliphatic heterocycles. The van der Waals surface area contributed by atoms with Crippen LogP contribution in [0.4, 0.5) is 0 Å². The summed E-state index contributed by atoms with van der Waals surface area (Å²) in [6.45, 7) is 0. The minimum atomic E-state index is -4.10. The van der Waals surface area contributed by atoms with E-state index >= 15 is 0 Å². The van der Waals surface area contributed by atoms with Crippen LogP contribution >= 0.6 is 25.3 Å². The monoisotopic (exact) mass is 244 g/mol. The number of carbonyl (C=O) groups excluding carboxylic acids is 2. The number of thiol groups is 2. The first-order valence-electron chi connectivity index (χ1n) is 2.99. The van der Waals surface area contributed by atoms with Crippen LogP contribution in [0.15, 0.2) is 0 Å². The Hall–Kier alpha value is -0.410. The lowest BCUT2D eigenvalue weighted by Gasteiger charge is -2.05. The minimum Gasteiger partial charge on any atom is -0.273 e. The Morgan fingerprint density at radius 2 is 1.31 bits per heavy atom. The van der Waals surface area contributed by atoms with Crippen LogP contribution in [-0.2, 0) is 19.8 Å². The van der Waals surface area contributed by atoms with Crippen LogP contribution < -0.4 is 9.44 Å². The molecule has 0 saturated heterocycles. The number of amides is 2. The third-order valence-corrected chi connectivity index (χ3v) is 2.35. The lowest BCUT2D eigenvalue weighted by atomic mass is 10.8. The van der Waals surface area contributed by atoms with Gasteiger partial charge in [-0.05, 0) is 0 Å². The molecule has 0 rings (SSSR count). The van der Waals surface area contributed by atoms with Crippen molar-refractivity contribution >= 4 is 47.3 Å². The highest BCUT2D eigenvalue weighted by atomic mass is 32.2. The van der Waals surface area contributed by atoms with E-state index in [2.05, 4.69) is 25.3 Å². The summed E-state index contributed by atoms with van der Waals surface area (Å²) in [5.74, 6) is -2.20. The number of nitrogens with one attached hydrogen (secondary N) is 2. The third kappa shape index (κ3) is 5.77. The van der Waals surface area contributed by atoms with E-state index in [9.17, 15) is 18.0 Å². The molecule has 0 radical (unpaired) electrons. The van der Waals surface area contributed by atoms with Gasteiger partial charge in [0.05, 0.1) is 11.5 Å². The van der Waals surface area contributed by atoms with Gasteiger partial charge in [-0.1, -0.05) is 0 Å². The highest BCUT2D eigenvalue weighted by molar-refractivity contribution is 7.89. The van der Waals surface area contributed by atoms with E-state index in [0.717, 1.165) is 0 Å². The van der Waals surface area contributed by atoms with Crippen LogP contribution in [0.25, 0.3) is 0 Å². The molecule has 0 aromatic carbocycles. The van der Waals surface area contributed by atoms with Crippen molar-refractivity contribution in [2.24, 2.45) is 0 Å². The summed E-state index contributed by atoms with van der Waals surface area (Å²) in [5, 5.41) is 0. The van der Waals surface area contributed by atoms with Crippen molar-refractivity contribution in [1.29, 1.82) is 0 Å². The van der Waals surface area contributed by atoms with E-state index in [4.69, 9.17) is 0 Å². The maximum absolute atomic E-state index is 10.8. The van der Waals surface area contributed by atoms with Crippen LogP contribution in [0.3, 0.4) is 0 Å². The molecule has 0 spiro atoms. The average molecular weight is 244 g/mol. The summed E-state index contributed by atoms with van der Waals surface area (Å²) in [7, 11) is -4.10. The Morgan fingerprint density at radius 1 is 1.00 bits per heavy atom. The second-order valence-electron chi connectivity index (χ2n) is 1.87. The van der Waals surface area contributed by atoms with Gasteiger partial charge in [0.25, 0.3) is 0 Å². The summed E-state index contributed by atoms with van der Waals surface area (Å²) in [6.07, 6.45) is 0. The molecule has 76 valence electrons. The summed E-state index contributed by atoms with van der Waals surface area (Å²) >= 11 is 7.07. The number of rotatable bonds is 4. The highest BCUT2D eigenvalue weighted by Gasteiger charge is 2.15. The van der Waals surface area contributed by atoms with Crippen molar-refractivity contribution in [2.45, 2.75) is 0 Å². The molecule has 2 amide bonds. The standard InChI is InChI=1S/C4H8N2O4S3/c7-3(1-11)5-13(9,10)6-4(8)2-12/h11-12H,1-2H2,(H,5,7)(H,6,8). The molecule has 0 unspecified atom stereocenters. The van der Waals surface area contributed by atoms with E-state index in [1.54, 1.807) is 9.44 Å². The van der Waals surface area contributed by atoms with E-state index < -0.39 is 22.0 Å². The lowest BCUT2D eigenvalue weighted by molar-refractivity contribution is -0.116. The zero-order chi connectivity index (χ0) is 10.5. The van der Waals surface area contributed by atoms with Crippen molar-refractivity contribution in [3.63, 3.8) is 0 Å². The second kappa shape index (κ2) is 5.35. The fourth-order valence-electron chi connectivity index (χ4n) is 0.390. The molecular weight excluding hydrogens is 236 g/mol. The molecule has 6 nitrogen and oxygen atoms in total. The molecular formula is C4H8N2O4S3. The topological polar surface area (TPSA) is 92.3 Å². The summed E-state index contributed by atoms with van der Waals surface area (Å²) in [4.78, 5) is 21.1. The van der Waals surface area contributed by atoms with Crippen LogP contribution in [0.1, 0.15) is 0 Å². The highest BCUT2D eigenvalue weighted by Crippen LogP contribution is 1.82. The van der Waals surface area contributed by atoms with Crippen molar-refractivity contribution in [3.8, 4) is 0 Å². The Morgan fingerprint density at radius 3 is 1.54 bits per heavy atom. The van der Waals surface area contributed by atoms with Gasteiger partial charge in [-0.2, -0.15) is 33.7 Å². The summed E-state index contributed by atoms with van der Waals surface area (Å²) in [5.41, 5.74) is 0. The predicted molar refractivity (Wildman–Crippen MR) is 52.9 cm³/mol. The SMILES string of the molecule is O=C(CS)NS(=O)(=O)NC(=O)CS. The fraction of sp³-hybridized carbons (Fsp3) is 0.500. The summed E-state index contributed by atoms with van der Waals surface area (Å²) in [6, 6.07) is 0. The molecule has 0 bridgehead atoms. The smallest absolute Gasteiger partial charge is 0.273 e. The molecule has 0 fully saturated rings. The quantitative estimate of drug-likeness (QED) is 0.445. The maximum Gasteiger partial charge on any atom is 0.325 e. The van der Waals surface area contributed by atoms with Gasteiger partial charge in [-0.3, -0.25) is 9.59 Å². The van der Waals surface area contributed by atoms with Gasteiger partial charge in [0.1, 0.15) is 0 Å². The van der Waals surface area contributed by atoms with Gasteiger partial charge in [0.15, 0.2) is 0 Å². The van der Waals surface area contributed by atoms with Crippen LogP contribution in [0.2, 0.25) is 0 Å². The third-order valence-electron chi connectivity index (χ3n) is 0.784. The minimum absolute atomic E-state index is 0.282. The maximum atomic E-state index is 10.8. The average Bonchev–Trinajstić information content (AvgIpc) is 2.02. The first kappa shape index (κ1) is 12.6.